The molecule has 2 aromatic rings. The summed E-state index contributed by atoms with van der Waals surface area (Å²) in [6.45, 7) is 4.31. The average Bonchev–Trinajstić information content (AvgIpc) is 2.86. The molecule has 0 spiro atoms. The van der Waals surface area contributed by atoms with Crippen LogP contribution in [0.5, 0.6) is 0 Å². The third kappa shape index (κ3) is 2.70. The minimum Gasteiger partial charge on any atom is -0.384 e. The molecule has 1 N–H and O–H groups in total. The highest BCUT2D eigenvalue weighted by molar-refractivity contribution is 5.78. The molecule has 1 unspecified atom stereocenters. The van der Waals surface area contributed by atoms with Crippen LogP contribution in [0.1, 0.15) is 43.1 Å². The first-order valence-corrected chi connectivity index (χ1v) is 7.36. The summed E-state index contributed by atoms with van der Waals surface area (Å²) >= 11 is 0. The van der Waals surface area contributed by atoms with E-state index in [-0.39, 0.29) is 0 Å². The fraction of sp³-hybridized carbons (Fsp3) is 0.200. The smallest absolute Gasteiger partial charge is 0.105 e. The van der Waals surface area contributed by atoms with Gasteiger partial charge in [-0.15, -0.1) is 0 Å². The van der Waals surface area contributed by atoms with Crippen molar-refractivity contribution in [1.82, 2.24) is 0 Å². The van der Waals surface area contributed by atoms with Gasteiger partial charge < -0.3 is 5.11 Å². The van der Waals surface area contributed by atoms with Crippen LogP contribution in [-0.4, -0.2) is 5.11 Å². The summed E-state index contributed by atoms with van der Waals surface area (Å²) in [7, 11) is 0. The number of aliphatic hydroxyl groups is 1. The summed E-state index contributed by atoms with van der Waals surface area (Å²) in [5, 5.41) is 10.7. The van der Waals surface area contributed by atoms with Crippen molar-refractivity contribution in [3.8, 4) is 0 Å². The van der Waals surface area contributed by atoms with Crippen LogP contribution in [0.25, 0.3) is 5.57 Å². The minimum absolute atomic E-state index is 0.580. The van der Waals surface area contributed by atoms with Crippen molar-refractivity contribution < 1.29 is 5.11 Å². The van der Waals surface area contributed by atoms with E-state index in [1.807, 2.05) is 48.5 Å². The SMILES string of the molecule is CC1=CC(C)=C(c2ccccc2C(O)c2ccccc2)C1. The summed E-state index contributed by atoms with van der Waals surface area (Å²) < 4.78 is 0. The summed E-state index contributed by atoms with van der Waals surface area (Å²) in [6.07, 6.45) is 2.63. The molecule has 1 nitrogen and oxygen atoms in total. The minimum atomic E-state index is -0.580. The molecule has 0 radical (unpaired) electrons. The van der Waals surface area contributed by atoms with E-state index in [0.717, 1.165) is 17.5 Å². The molecular weight excluding hydrogens is 256 g/mol. The lowest BCUT2D eigenvalue weighted by Crippen LogP contribution is -2.03. The second-order valence-corrected chi connectivity index (χ2v) is 5.73. The number of allylic oxidation sites excluding steroid dienone is 4. The maximum Gasteiger partial charge on any atom is 0.105 e. The zero-order valence-electron chi connectivity index (χ0n) is 12.5. The van der Waals surface area contributed by atoms with Gasteiger partial charge in [-0.25, -0.2) is 0 Å². The molecule has 0 heterocycles. The highest BCUT2D eigenvalue weighted by Crippen LogP contribution is 2.37. The van der Waals surface area contributed by atoms with Crippen molar-refractivity contribution in [2.75, 3.05) is 0 Å². The Labute approximate surface area is 126 Å². The Morgan fingerprint density at radius 2 is 1.57 bits per heavy atom. The summed E-state index contributed by atoms with van der Waals surface area (Å²) in [5.74, 6) is 0. The fourth-order valence-electron chi connectivity index (χ4n) is 3.06. The van der Waals surface area contributed by atoms with Gasteiger partial charge in [0, 0.05) is 0 Å². The molecule has 0 aliphatic heterocycles. The summed E-state index contributed by atoms with van der Waals surface area (Å²) in [5.41, 5.74) is 7.11. The fourth-order valence-corrected chi connectivity index (χ4v) is 3.06. The van der Waals surface area contributed by atoms with Crippen molar-refractivity contribution in [1.29, 1.82) is 0 Å². The van der Waals surface area contributed by atoms with E-state index in [2.05, 4.69) is 26.0 Å². The van der Waals surface area contributed by atoms with Gasteiger partial charge in [0.05, 0.1) is 0 Å². The van der Waals surface area contributed by atoms with Gasteiger partial charge >= 0.3 is 0 Å². The van der Waals surface area contributed by atoms with E-state index in [1.54, 1.807) is 0 Å². The first-order valence-electron chi connectivity index (χ1n) is 7.36. The molecule has 0 aromatic heterocycles. The molecule has 3 rings (SSSR count). The lowest BCUT2D eigenvalue weighted by molar-refractivity contribution is 0.220. The zero-order valence-corrected chi connectivity index (χ0v) is 12.5. The molecular formula is C20H20O. The van der Waals surface area contributed by atoms with Crippen LogP contribution in [0, 0.1) is 0 Å². The lowest BCUT2D eigenvalue weighted by atomic mass is 9.90. The van der Waals surface area contributed by atoms with Crippen molar-refractivity contribution in [3.05, 3.63) is 88.5 Å². The van der Waals surface area contributed by atoms with Crippen LogP contribution in [0.3, 0.4) is 0 Å². The van der Waals surface area contributed by atoms with Crippen LogP contribution >= 0.6 is 0 Å². The van der Waals surface area contributed by atoms with Gasteiger partial charge in [0.25, 0.3) is 0 Å². The second kappa shape index (κ2) is 5.71. The van der Waals surface area contributed by atoms with Gasteiger partial charge in [-0.1, -0.05) is 66.2 Å². The Kier molecular flexibility index (Phi) is 3.76. The molecule has 1 aliphatic carbocycles. The largest absolute Gasteiger partial charge is 0.384 e. The molecule has 0 saturated carbocycles. The van der Waals surface area contributed by atoms with E-state index < -0.39 is 6.10 Å². The lowest BCUT2D eigenvalue weighted by Gasteiger charge is -2.17. The Balaban J connectivity index is 2.04. The Morgan fingerprint density at radius 3 is 2.24 bits per heavy atom. The highest BCUT2D eigenvalue weighted by atomic mass is 16.3. The van der Waals surface area contributed by atoms with E-state index in [1.165, 1.54) is 22.3 Å². The molecule has 0 amide bonds. The van der Waals surface area contributed by atoms with E-state index in [9.17, 15) is 5.11 Å². The highest BCUT2D eigenvalue weighted by Gasteiger charge is 2.19. The first kappa shape index (κ1) is 13.8. The number of aliphatic hydroxyl groups excluding tert-OH is 1. The number of rotatable bonds is 3. The van der Waals surface area contributed by atoms with Gasteiger partial charge in [0.2, 0.25) is 0 Å². The number of hydrogen-bond acceptors (Lipinski definition) is 1. The van der Waals surface area contributed by atoms with Crippen LogP contribution in [0.4, 0.5) is 0 Å². The van der Waals surface area contributed by atoms with Crippen molar-refractivity contribution in [2.45, 2.75) is 26.4 Å². The predicted molar refractivity (Wildman–Crippen MR) is 87.9 cm³/mol. The van der Waals surface area contributed by atoms with Crippen LogP contribution in [-0.2, 0) is 0 Å². The molecule has 1 atom stereocenters. The zero-order chi connectivity index (χ0) is 14.8. The van der Waals surface area contributed by atoms with Gasteiger partial charge in [0.15, 0.2) is 0 Å². The molecule has 0 saturated heterocycles. The third-order valence-electron chi connectivity index (χ3n) is 4.09. The number of benzene rings is 2. The predicted octanol–water partition coefficient (Wildman–Crippen LogP) is 4.89. The first-order chi connectivity index (χ1) is 10.2. The van der Waals surface area contributed by atoms with Gasteiger partial charge in [-0.3, -0.25) is 0 Å². The summed E-state index contributed by atoms with van der Waals surface area (Å²) in [6, 6.07) is 18.0. The van der Waals surface area contributed by atoms with Crippen LogP contribution in [0.2, 0.25) is 0 Å². The van der Waals surface area contributed by atoms with E-state index >= 15 is 0 Å². The molecule has 1 aliphatic rings. The topological polar surface area (TPSA) is 20.2 Å². The van der Waals surface area contributed by atoms with Crippen molar-refractivity contribution in [2.24, 2.45) is 0 Å². The van der Waals surface area contributed by atoms with Crippen molar-refractivity contribution >= 4 is 5.57 Å². The quantitative estimate of drug-likeness (QED) is 0.846. The molecule has 106 valence electrons. The van der Waals surface area contributed by atoms with Gasteiger partial charge in [-0.2, -0.15) is 0 Å². The normalized spacial score (nSPS) is 16.0. The molecule has 21 heavy (non-hydrogen) atoms. The molecule has 0 bridgehead atoms. The maximum atomic E-state index is 10.7. The second-order valence-electron chi connectivity index (χ2n) is 5.73. The maximum absolute atomic E-state index is 10.7. The molecule has 0 fully saturated rings. The average molecular weight is 276 g/mol. The van der Waals surface area contributed by atoms with Crippen molar-refractivity contribution in [3.63, 3.8) is 0 Å². The van der Waals surface area contributed by atoms with Gasteiger partial charge in [-0.05, 0) is 48.1 Å². The Hall–Kier alpha value is -2.12. The Morgan fingerprint density at radius 1 is 0.905 bits per heavy atom. The third-order valence-corrected chi connectivity index (χ3v) is 4.09. The van der Waals surface area contributed by atoms with E-state index in [0.29, 0.717) is 0 Å². The summed E-state index contributed by atoms with van der Waals surface area (Å²) in [4.78, 5) is 0. The van der Waals surface area contributed by atoms with Gasteiger partial charge in [0.1, 0.15) is 6.10 Å². The van der Waals surface area contributed by atoms with Crippen LogP contribution < -0.4 is 0 Å². The standard InChI is InChI=1S/C20H20O/c1-14-12-15(2)19(13-14)17-10-6-7-11-18(17)20(21)16-8-4-3-5-9-16/h3-12,20-21H,13H2,1-2H3. The molecule has 1 heteroatoms. The van der Waals surface area contributed by atoms with E-state index in [4.69, 9.17) is 0 Å². The van der Waals surface area contributed by atoms with Crippen LogP contribution in [0.15, 0.2) is 71.8 Å². The number of hydrogen-bond donors (Lipinski definition) is 1. The monoisotopic (exact) mass is 276 g/mol. The molecule has 2 aromatic carbocycles. The Bertz CT molecular complexity index is 708.